The number of sulfone groups is 1. The van der Waals surface area contributed by atoms with E-state index in [9.17, 15) is 8.42 Å². The van der Waals surface area contributed by atoms with Crippen molar-refractivity contribution < 1.29 is 12.9 Å². The van der Waals surface area contributed by atoms with Crippen molar-refractivity contribution in [1.82, 2.24) is 10.1 Å². The third-order valence-corrected chi connectivity index (χ3v) is 3.89. The van der Waals surface area contributed by atoms with Gasteiger partial charge in [0.2, 0.25) is 5.89 Å². The standard InChI is InChI=1S/C11H13N3O3S/c1-14(2)11-12-10(17-13-11)8-18(15,16)9-6-4-3-5-7-9/h3-7H,8H2,1-2H3. The minimum Gasteiger partial charge on any atom is -0.344 e. The van der Waals surface area contributed by atoms with Gasteiger partial charge in [-0.3, -0.25) is 0 Å². The number of hydrogen-bond acceptors (Lipinski definition) is 6. The van der Waals surface area contributed by atoms with E-state index < -0.39 is 9.84 Å². The van der Waals surface area contributed by atoms with Crippen LogP contribution in [-0.2, 0) is 15.6 Å². The van der Waals surface area contributed by atoms with Crippen molar-refractivity contribution in [2.75, 3.05) is 19.0 Å². The Kier molecular flexibility index (Phi) is 3.33. The van der Waals surface area contributed by atoms with Gasteiger partial charge < -0.3 is 9.42 Å². The summed E-state index contributed by atoms with van der Waals surface area (Å²) in [7, 11) is 0.0602. The topological polar surface area (TPSA) is 76.3 Å². The highest BCUT2D eigenvalue weighted by Crippen LogP contribution is 2.16. The molecule has 1 aromatic carbocycles. The monoisotopic (exact) mass is 267 g/mol. The average Bonchev–Trinajstić information content (AvgIpc) is 2.78. The third kappa shape index (κ3) is 2.67. The van der Waals surface area contributed by atoms with Crippen LogP contribution >= 0.6 is 0 Å². The molecule has 6 nitrogen and oxygen atoms in total. The first-order chi connectivity index (χ1) is 8.49. The van der Waals surface area contributed by atoms with Crippen molar-refractivity contribution in [3.8, 4) is 0 Å². The summed E-state index contributed by atoms with van der Waals surface area (Å²) in [6.45, 7) is 0. The average molecular weight is 267 g/mol. The van der Waals surface area contributed by atoms with E-state index in [0.717, 1.165) is 0 Å². The molecule has 7 heteroatoms. The minimum atomic E-state index is -3.44. The quantitative estimate of drug-likeness (QED) is 0.826. The van der Waals surface area contributed by atoms with Crippen molar-refractivity contribution in [2.24, 2.45) is 0 Å². The van der Waals surface area contributed by atoms with E-state index in [0.29, 0.717) is 5.95 Å². The number of nitrogens with zero attached hydrogens (tertiary/aromatic N) is 3. The van der Waals surface area contributed by atoms with E-state index in [-0.39, 0.29) is 16.5 Å². The molecule has 0 fully saturated rings. The number of anilines is 1. The minimum absolute atomic E-state index is 0.0857. The smallest absolute Gasteiger partial charge is 0.265 e. The maximum atomic E-state index is 12.0. The van der Waals surface area contributed by atoms with E-state index in [1.807, 2.05) is 0 Å². The van der Waals surface area contributed by atoms with Gasteiger partial charge in [-0.1, -0.05) is 18.2 Å². The summed E-state index contributed by atoms with van der Waals surface area (Å²) < 4.78 is 29.0. The lowest BCUT2D eigenvalue weighted by atomic mass is 10.4. The molecule has 1 aromatic heterocycles. The zero-order valence-electron chi connectivity index (χ0n) is 10.1. The van der Waals surface area contributed by atoms with E-state index in [2.05, 4.69) is 10.1 Å². The summed E-state index contributed by atoms with van der Waals surface area (Å²) in [4.78, 5) is 5.88. The van der Waals surface area contributed by atoms with Crippen LogP contribution in [-0.4, -0.2) is 32.7 Å². The molecule has 2 rings (SSSR count). The van der Waals surface area contributed by atoms with Crippen molar-refractivity contribution >= 4 is 15.8 Å². The van der Waals surface area contributed by atoms with Crippen LogP contribution in [0.5, 0.6) is 0 Å². The van der Waals surface area contributed by atoms with Gasteiger partial charge in [0, 0.05) is 14.1 Å². The van der Waals surface area contributed by atoms with Crippen molar-refractivity contribution in [3.63, 3.8) is 0 Å². The van der Waals surface area contributed by atoms with Gasteiger partial charge in [-0.2, -0.15) is 4.98 Å². The van der Waals surface area contributed by atoms with Crippen LogP contribution in [0.3, 0.4) is 0 Å². The van der Waals surface area contributed by atoms with Gasteiger partial charge in [0.05, 0.1) is 4.90 Å². The van der Waals surface area contributed by atoms with Gasteiger partial charge in [-0.25, -0.2) is 8.42 Å². The van der Waals surface area contributed by atoms with Crippen LogP contribution in [0.1, 0.15) is 5.89 Å². The van der Waals surface area contributed by atoms with Crippen molar-refractivity contribution in [2.45, 2.75) is 10.6 Å². The fourth-order valence-electron chi connectivity index (χ4n) is 1.36. The molecule has 0 aliphatic rings. The van der Waals surface area contributed by atoms with E-state index >= 15 is 0 Å². The lowest BCUT2D eigenvalue weighted by Crippen LogP contribution is -2.10. The van der Waals surface area contributed by atoms with Crippen LogP contribution in [0, 0.1) is 0 Å². The Morgan fingerprint density at radius 1 is 1.22 bits per heavy atom. The number of benzene rings is 1. The molecule has 0 saturated heterocycles. The van der Waals surface area contributed by atoms with Crippen LogP contribution in [0.25, 0.3) is 0 Å². The molecule has 18 heavy (non-hydrogen) atoms. The zero-order chi connectivity index (χ0) is 13.2. The fraction of sp³-hybridized carbons (Fsp3) is 0.273. The highest BCUT2D eigenvalue weighted by molar-refractivity contribution is 7.90. The molecule has 0 unspecified atom stereocenters. The third-order valence-electron chi connectivity index (χ3n) is 2.27. The predicted octanol–water partition coefficient (Wildman–Crippen LogP) is 1.11. The predicted molar refractivity (Wildman–Crippen MR) is 66.0 cm³/mol. The van der Waals surface area contributed by atoms with E-state index in [1.54, 1.807) is 49.3 Å². The second-order valence-corrected chi connectivity index (χ2v) is 5.94. The Bertz CT molecular complexity index is 620. The van der Waals surface area contributed by atoms with E-state index in [4.69, 9.17) is 4.52 Å². The van der Waals surface area contributed by atoms with Crippen LogP contribution in [0.2, 0.25) is 0 Å². The summed E-state index contributed by atoms with van der Waals surface area (Å²) in [5.74, 6) is 0.147. The summed E-state index contributed by atoms with van der Waals surface area (Å²) in [6.07, 6.45) is 0. The van der Waals surface area contributed by atoms with Gasteiger partial charge in [-0.15, -0.1) is 0 Å². The molecule has 0 spiro atoms. The SMILES string of the molecule is CN(C)c1noc(CS(=O)(=O)c2ccccc2)n1. The molecule has 0 N–H and O–H groups in total. The molecular weight excluding hydrogens is 254 g/mol. The summed E-state index contributed by atoms with van der Waals surface area (Å²) >= 11 is 0. The number of rotatable bonds is 4. The molecule has 0 amide bonds. The van der Waals surface area contributed by atoms with E-state index in [1.165, 1.54) is 0 Å². The molecule has 0 atom stereocenters. The molecule has 0 bridgehead atoms. The number of aromatic nitrogens is 2. The Balaban J connectivity index is 2.23. The lowest BCUT2D eigenvalue weighted by molar-refractivity contribution is 0.388. The summed E-state index contributed by atoms with van der Waals surface area (Å²) in [6, 6.07) is 8.19. The van der Waals surface area contributed by atoms with Gasteiger partial charge >= 0.3 is 0 Å². The maximum Gasteiger partial charge on any atom is 0.265 e. The Morgan fingerprint density at radius 2 is 1.89 bits per heavy atom. The first kappa shape index (κ1) is 12.6. The first-order valence-electron chi connectivity index (χ1n) is 5.27. The second-order valence-electron chi connectivity index (χ2n) is 3.95. The molecule has 1 heterocycles. The van der Waals surface area contributed by atoms with Crippen LogP contribution in [0.4, 0.5) is 5.95 Å². The highest BCUT2D eigenvalue weighted by Gasteiger charge is 2.19. The molecule has 0 aliphatic carbocycles. The Hall–Kier alpha value is -1.89. The summed E-state index contributed by atoms with van der Waals surface area (Å²) in [5.41, 5.74) is 0. The molecule has 96 valence electrons. The normalized spacial score (nSPS) is 11.4. The largest absolute Gasteiger partial charge is 0.344 e. The van der Waals surface area contributed by atoms with Gasteiger partial charge in [0.25, 0.3) is 5.95 Å². The van der Waals surface area contributed by atoms with Crippen LogP contribution < -0.4 is 4.90 Å². The van der Waals surface area contributed by atoms with Gasteiger partial charge in [-0.05, 0) is 17.3 Å². The Labute approximate surface area is 105 Å². The second kappa shape index (κ2) is 4.77. The zero-order valence-corrected chi connectivity index (χ0v) is 10.9. The maximum absolute atomic E-state index is 12.0. The Morgan fingerprint density at radius 3 is 2.44 bits per heavy atom. The summed E-state index contributed by atoms with van der Waals surface area (Å²) in [5, 5.41) is 3.67. The first-order valence-corrected chi connectivity index (χ1v) is 6.92. The molecule has 0 saturated carbocycles. The van der Waals surface area contributed by atoms with Crippen molar-refractivity contribution in [3.05, 3.63) is 36.2 Å². The fourth-order valence-corrected chi connectivity index (χ4v) is 2.54. The molecular formula is C11H13N3O3S. The number of hydrogen-bond donors (Lipinski definition) is 0. The van der Waals surface area contributed by atoms with Gasteiger partial charge in [0.1, 0.15) is 5.75 Å². The van der Waals surface area contributed by atoms with Gasteiger partial charge in [0.15, 0.2) is 9.84 Å². The molecule has 0 aliphatic heterocycles. The lowest BCUT2D eigenvalue weighted by Gasteiger charge is -2.02. The molecule has 0 radical (unpaired) electrons. The van der Waals surface area contributed by atoms with Crippen LogP contribution in [0.15, 0.2) is 39.8 Å². The highest BCUT2D eigenvalue weighted by atomic mass is 32.2. The van der Waals surface area contributed by atoms with Crippen molar-refractivity contribution in [1.29, 1.82) is 0 Å². The molecule has 2 aromatic rings.